The Kier molecular flexibility index (Phi) is 13.3. The van der Waals surface area contributed by atoms with Crippen LogP contribution >= 0.6 is 0 Å². The highest BCUT2D eigenvalue weighted by Gasteiger charge is 2.13. The number of aliphatic carboxylic acids is 2. The standard InChI is InChI=1S/C10H14O3.2C4H6O2/c1-13-10-7-8(3-2-6-11)4-5-9(10)12;2*1-3(2)4(5)6/h2-5,8,11-12H,6-7H2,1H3;2*1H2,2H3,(H,5,6)/b3-2+;;. The lowest BCUT2D eigenvalue weighted by molar-refractivity contribution is -0.133. The highest BCUT2D eigenvalue weighted by molar-refractivity contribution is 5.85. The van der Waals surface area contributed by atoms with E-state index < -0.39 is 11.9 Å². The Balaban J connectivity index is 0. The van der Waals surface area contributed by atoms with E-state index in [2.05, 4.69) is 13.2 Å². The van der Waals surface area contributed by atoms with Crippen LogP contribution in [-0.4, -0.2) is 46.1 Å². The predicted octanol–water partition coefficient (Wildman–Crippen LogP) is 2.82. The summed E-state index contributed by atoms with van der Waals surface area (Å²) in [6, 6.07) is 0. The van der Waals surface area contributed by atoms with E-state index in [1.54, 1.807) is 12.2 Å². The van der Waals surface area contributed by atoms with Gasteiger partial charge in [0, 0.05) is 23.5 Å². The van der Waals surface area contributed by atoms with Crippen LogP contribution in [0.1, 0.15) is 20.3 Å². The van der Waals surface area contributed by atoms with Crippen molar-refractivity contribution in [2.24, 2.45) is 5.92 Å². The minimum absolute atomic E-state index is 0.0440. The number of hydrogen-bond donors (Lipinski definition) is 4. The zero-order valence-corrected chi connectivity index (χ0v) is 14.7. The molecule has 0 saturated heterocycles. The average molecular weight is 354 g/mol. The summed E-state index contributed by atoms with van der Waals surface area (Å²) >= 11 is 0. The second kappa shape index (κ2) is 13.6. The molecule has 0 aromatic heterocycles. The van der Waals surface area contributed by atoms with Crippen LogP contribution in [-0.2, 0) is 14.3 Å². The van der Waals surface area contributed by atoms with Crippen molar-refractivity contribution in [2.45, 2.75) is 20.3 Å². The number of ether oxygens (including phenoxy) is 1. The summed E-state index contributed by atoms with van der Waals surface area (Å²) in [5.41, 5.74) is 0.352. The van der Waals surface area contributed by atoms with Crippen LogP contribution in [0.5, 0.6) is 0 Å². The summed E-state index contributed by atoms with van der Waals surface area (Å²) in [4.78, 5) is 19.2. The number of allylic oxidation sites excluding steroid dienone is 4. The molecule has 0 heterocycles. The van der Waals surface area contributed by atoms with E-state index in [0.29, 0.717) is 12.2 Å². The molecule has 1 rings (SSSR count). The maximum Gasteiger partial charge on any atom is 0.330 e. The summed E-state index contributed by atoms with van der Waals surface area (Å²) in [6.07, 6.45) is 7.72. The lowest BCUT2D eigenvalue weighted by Gasteiger charge is -2.15. The van der Waals surface area contributed by atoms with E-state index in [9.17, 15) is 14.7 Å². The zero-order chi connectivity index (χ0) is 20.0. The van der Waals surface area contributed by atoms with E-state index in [0.717, 1.165) is 0 Å². The molecular formula is C18H26O7. The van der Waals surface area contributed by atoms with Crippen molar-refractivity contribution in [2.75, 3.05) is 13.7 Å². The van der Waals surface area contributed by atoms with Crippen molar-refractivity contribution in [3.63, 3.8) is 0 Å². The quantitative estimate of drug-likeness (QED) is 0.442. The second-order valence-corrected chi connectivity index (χ2v) is 5.02. The lowest BCUT2D eigenvalue weighted by atomic mass is 9.98. The highest BCUT2D eigenvalue weighted by Crippen LogP contribution is 2.23. The minimum Gasteiger partial charge on any atom is -0.504 e. The van der Waals surface area contributed by atoms with Crippen LogP contribution in [0.4, 0.5) is 0 Å². The molecule has 0 bridgehead atoms. The minimum atomic E-state index is -0.935. The van der Waals surface area contributed by atoms with Gasteiger partial charge in [-0.1, -0.05) is 31.4 Å². The van der Waals surface area contributed by atoms with Gasteiger partial charge in [0.15, 0.2) is 5.76 Å². The zero-order valence-electron chi connectivity index (χ0n) is 14.7. The molecule has 7 heteroatoms. The molecule has 1 unspecified atom stereocenters. The van der Waals surface area contributed by atoms with E-state index in [4.69, 9.17) is 20.1 Å². The number of aliphatic hydroxyl groups excluding tert-OH is 2. The van der Waals surface area contributed by atoms with E-state index in [-0.39, 0.29) is 29.4 Å². The normalized spacial score (nSPS) is 15.4. The van der Waals surface area contributed by atoms with Crippen molar-refractivity contribution in [3.05, 3.63) is 60.1 Å². The van der Waals surface area contributed by atoms with Gasteiger partial charge in [-0.05, 0) is 19.9 Å². The van der Waals surface area contributed by atoms with Crippen LogP contribution < -0.4 is 0 Å². The van der Waals surface area contributed by atoms with Crippen LogP contribution in [0.3, 0.4) is 0 Å². The Morgan fingerprint density at radius 2 is 1.68 bits per heavy atom. The van der Waals surface area contributed by atoms with Gasteiger partial charge in [0.2, 0.25) is 0 Å². The van der Waals surface area contributed by atoms with E-state index >= 15 is 0 Å². The summed E-state index contributed by atoms with van der Waals surface area (Å²) in [6.45, 7) is 9.25. The third kappa shape index (κ3) is 13.3. The van der Waals surface area contributed by atoms with Crippen LogP contribution in [0, 0.1) is 5.92 Å². The van der Waals surface area contributed by atoms with Gasteiger partial charge in [-0.15, -0.1) is 0 Å². The smallest absolute Gasteiger partial charge is 0.330 e. The van der Waals surface area contributed by atoms with Gasteiger partial charge >= 0.3 is 11.9 Å². The molecule has 0 aliphatic heterocycles. The predicted molar refractivity (Wildman–Crippen MR) is 95.0 cm³/mol. The molecule has 7 nitrogen and oxygen atoms in total. The van der Waals surface area contributed by atoms with Gasteiger partial charge in [-0.2, -0.15) is 0 Å². The third-order valence-corrected chi connectivity index (χ3v) is 2.67. The molecule has 0 saturated carbocycles. The maximum absolute atomic E-state index is 9.60. The molecular weight excluding hydrogens is 328 g/mol. The van der Waals surface area contributed by atoms with Gasteiger partial charge in [0.1, 0.15) is 5.76 Å². The molecule has 0 spiro atoms. The molecule has 1 aliphatic rings. The summed E-state index contributed by atoms with van der Waals surface area (Å²) < 4.78 is 5.00. The lowest BCUT2D eigenvalue weighted by Crippen LogP contribution is -2.04. The molecule has 0 fully saturated rings. The van der Waals surface area contributed by atoms with Crippen molar-refractivity contribution < 1.29 is 34.8 Å². The van der Waals surface area contributed by atoms with Crippen molar-refractivity contribution in [1.29, 1.82) is 0 Å². The largest absolute Gasteiger partial charge is 0.504 e. The van der Waals surface area contributed by atoms with Gasteiger partial charge < -0.3 is 25.2 Å². The summed E-state index contributed by atoms with van der Waals surface area (Å²) in [7, 11) is 1.54. The molecule has 1 atom stereocenters. The first-order valence-electron chi connectivity index (χ1n) is 7.26. The Bertz CT molecular complexity index is 520. The highest BCUT2D eigenvalue weighted by atomic mass is 16.5. The Hall–Kier alpha value is -2.80. The molecule has 0 amide bonds. The SMILES string of the molecule is C=C(C)C(=O)O.C=C(C)C(=O)O.COC1=C(O)C=CC(/C=C/CO)C1. The van der Waals surface area contributed by atoms with Crippen molar-refractivity contribution in [3.8, 4) is 0 Å². The molecule has 140 valence electrons. The van der Waals surface area contributed by atoms with Crippen molar-refractivity contribution >= 4 is 11.9 Å². The monoisotopic (exact) mass is 354 g/mol. The summed E-state index contributed by atoms with van der Waals surface area (Å²) in [5.74, 6) is -0.880. The number of carboxylic acid groups (broad SMARTS) is 2. The second-order valence-electron chi connectivity index (χ2n) is 5.02. The Morgan fingerprint density at radius 1 is 1.24 bits per heavy atom. The van der Waals surface area contributed by atoms with Crippen molar-refractivity contribution in [1.82, 2.24) is 0 Å². The fourth-order valence-corrected chi connectivity index (χ4v) is 1.25. The molecule has 0 aromatic rings. The van der Waals surface area contributed by atoms with Crippen LogP contribution in [0.25, 0.3) is 0 Å². The first-order chi connectivity index (χ1) is 11.6. The number of rotatable bonds is 5. The van der Waals surface area contributed by atoms with E-state index in [1.165, 1.54) is 21.0 Å². The Labute approximate surface area is 147 Å². The topological polar surface area (TPSA) is 124 Å². The first kappa shape index (κ1) is 24.5. The van der Waals surface area contributed by atoms with Crippen LogP contribution in [0.2, 0.25) is 0 Å². The molecule has 1 aliphatic carbocycles. The number of methoxy groups -OCH3 is 1. The van der Waals surface area contributed by atoms with Crippen LogP contribution in [0.15, 0.2) is 60.1 Å². The number of carbonyl (C=O) groups is 2. The van der Waals surface area contributed by atoms with Gasteiger partial charge in [-0.25, -0.2) is 9.59 Å². The fraction of sp³-hybridized carbons (Fsp3) is 0.333. The summed E-state index contributed by atoms with van der Waals surface area (Å²) in [5, 5.41) is 33.7. The van der Waals surface area contributed by atoms with Gasteiger partial charge in [-0.3, -0.25) is 0 Å². The van der Waals surface area contributed by atoms with Gasteiger partial charge in [0.05, 0.1) is 13.7 Å². The molecule has 25 heavy (non-hydrogen) atoms. The number of carboxylic acids is 2. The number of aliphatic hydroxyl groups is 2. The van der Waals surface area contributed by atoms with E-state index in [1.807, 2.05) is 12.2 Å². The molecule has 4 N–H and O–H groups in total. The first-order valence-corrected chi connectivity index (χ1v) is 7.26. The Morgan fingerprint density at radius 3 is 2.00 bits per heavy atom. The van der Waals surface area contributed by atoms with Gasteiger partial charge in [0.25, 0.3) is 0 Å². The maximum atomic E-state index is 9.60. The molecule has 0 aromatic carbocycles. The molecule has 0 radical (unpaired) electrons. The third-order valence-electron chi connectivity index (χ3n) is 2.67. The fourth-order valence-electron chi connectivity index (χ4n) is 1.25. The number of hydrogen-bond acceptors (Lipinski definition) is 5. The average Bonchev–Trinajstić information content (AvgIpc) is 2.55.